The Hall–Kier alpha value is -4.37. The minimum Gasteiger partial charge on any atom is -0.305 e. The van der Waals surface area contributed by atoms with Gasteiger partial charge in [0.2, 0.25) is 0 Å². The van der Waals surface area contributed by atoms with Crippen molar-refractivity contribution in [3.63, 3.8) is 0 Å². The summed E-state index contributed by atoms with van der Waals surface area (Å²) in [4.78, 5) is 13.2. The van der Waals surface area contributed by atoms with Crippen molar-refractivity contribution in [3.05, 3.63) is 186 Å². The molecule has 0 atom stereocenters. The van der Waals surface area contributed by atoms with Gasteiger partial charge in [-0.25, -0.2) is 0 Å². The molecule has 7 aromatic rings. The number of hydrogen-bond acceptors (Lipinski definition) is 3. The van der Waals surface area contributed by atoms with Crippen LogP contribution < -0.4 is 0 Å². The van der Waals surface area contributed by atoms with E-state index in [9.17, 15) is 0 Å². The summed E-state index contributed by atoms with van der Waals surface area (Å²) in [7, 11) is 0. The zero-order valence-corrected chi connectivity index (χ0v) is 32.2. The van der Waals surface area contributed by atoms with Gasteiger partial charge in [-0.2, -0.15) is 0 Å². The first-order valence-electron chi connectivity index (χ1n) is 15.4. The largest absolute Gasteiger partial charge is 0.305 e. The summed E-state index contributed by atoms with van der Waals surface area (Å²) in [5.41, 5.74) is 13.8. The van der Waals surface area contributed by atoms with Gasteiger partial charge < -0.3 is 9.97 Å². The SMILES string of the molecule is Cc1ccc[c-]c1-c1ccccn1.Cc1cccc(C)c1-c1ccc(-c2[c-]cccc2)nc1.Cc1ccccc1-c1ccccn1.[Ir].[Ir]. The van der Waals surface area contributed by atoms with Crippen molar-refractivity contribution in [3.8, 4) is 44.9 Å². The fourth-order valence-corrected chi connectivity index (χ4v) is 5.21. The third-order valence-electron chi connectivity index (χ3n) is 7.59. The van der Waals surface area contributed by atoms with Crippen LogP contribution in [0.4, 0.5) is 0 Å². The first-order valence-corrected chi connectivity index (χ1v) is 15.4. The van der Waals surface area contributed by atoms with Crippen LogP contribution in [0.15, 0.2) is 152 Å². The molecule has 0 aliphatic rings. The van der Waals surface area contributed by atoms with Crippen molar-refractivity contribution >= 4 is 0 Å². The van der Waals surface area contributed by atoms with Crippen LogP contribution in [-0.2, 0) is 40.2 Å². The molecule has 0 N–H and O–H groups in total. The van der Waals surface area contributed by atoms with E-state index < -0.39 is 0 Å². The van der Waals surface area contributed by atoms with Gasteiger partial charge in [0.1, 0.15) is 0 Å². The van der Waals surface area contributed by atoms with Crippen LogP contribution in [0.2, 0.25) is 0 Å². The van der Waals surface area contributed by atoms with Gasteiger partial charge in [0.25, 0.3) is 0 Å². The van der Waals surface area contributed by atoms with E-state index in [4.69, 9.17) is 0 Å². The van der Waals surface area contributed by atoms with Gasteiger partial charge in [-0.3, -0.25) is 4.98 Å². The number of rotatable bonds is 4. The first kappa shape index (κ1) is 38.1. The van der Waals surface area contributed by atoms with E-state index in [1.807, 2.05) is 97.3 Å². The second-order valence-electron chi connectivity index (χ2n) is 10.9. The first-order chi connectivity index (χ1) is 22.5. The van der Waals surface area contributed by atoms with E-state index >= 15 is 0 Å². The maximum atomic E-state index is 4.58. The summed E-state index contributed by atoms with van der Waals surface area (Å²) in [5, 5.41) is 0. The monoisotopic (exact) mass is 981 g/mol. The van der Waals surface area contributed by atoms with E-state index in [1.54, 1.807) is 6.20 Å². The number of hydrogen-bond donors (Lipinski definition) is 0. The van der Waals surface area contributed by atoms with Crippen molar-refractivity contribution in [1.29, 1.82) is 0 Å². The van der Waals surface area contributed by atoms with Gasteiger partial charge in [-0.15, -0.1) is 71.3 Å². The molecule has 4 aromatic carbocycles. The Bertz CT molecular complexity index is 1860. The Labute approximate surface area is 312 Å². The van der Waals surface area contributed by atoms with Gasteiger partial charge in [0, 0.05) is 64.4 Å². The molecule has 48 heavy (non-hydrogen) atoms. The molecule has 0 saturated heterocycles. The molecular formula is C43H37Ir2N3-2. The topological polar surface area (TPSA) is 38.7 Å². The second kappa shape index (κ2) is 19.5. The van der Waals surface area contributed by atoms with Crippen molar-refractivity contribution in [2.24, 2.45) is 0 Å². The molecule has 0 spiro atoms. The van der Waals surface area contributed by atoms with Crippen molar-refractivity contribution in [2.45, 2.75) is 27.7 Å². The maximum absolute atomic E-state index is 4.58. The number of nitrogens with zero attached hydrogens (tertiary/aromatic N) is 3. The molecule has 244 valence electrons. The molecule has 5 heteroatoms. The molecule has 0 fully saturated rings. The van der Waals surface area contributed by atoms with E-state index in [0.717, 1.165) is 28.2 Å². The summed E-state index contributed by atoms with van der Waals surface area (Å²) in [6.45, 7) is 8.45. The number of aryl methyl sites for hydroxylation is 4. The standard InChI is InChI=1S/C19H16N.C12H11N.C12H10N.2Ir/c1-14-7-6-8-15(2)19(14)17-11-12-18(20-13-17)16-9-4-3-5-10-16;2*1-10-6-2-3-7-11(10)12-8-4-5-9-13-12;;/h3-9,11-13H,1-2H3;2-9H,1H3;2-6,8-9H,1H3;;/q-1;;-1;;. The Morgan fingerprint density at radius 1 is 0.438 bits per heavy atom. The minimum atomic E-state index is 0. The van der Waals surface area contributed by atoms with Crippen molar-refractivity contribution in [2.75, 3.05) is 0 Å². The zero-order valence-electron chi connectivity index (χ0n) is 27.4. The molecule has 0 amide bonds. The molecule has 0 unspecified atom stereocenters. The van der Waals surface area contributed by atoms with E-state index in [0.29, 0.717) is 0 Å². The van der Waals surface area contributed by atoms with E-state index in [1.165, 1.54) is 38.9 Å². The molecule has 7 rings (SSSR count). The Kier molecular flexibility index (Phi) is 15.4. The molecule has 3 nitrogen and oxygen atoms in total. The van der Waals surface area contributed by atoms with Gasteiger partial charge in [0.05, 0.1) is 5.69 Å². The van der Waals surface area contributed by atoms with Crippen LogP contribution in [0.3, 0.4) is 0 Å². The maximum Gasteiger partial charge on any atom is 0.0704 e. The molecule has 3 aromatic heterocycles. The molecule has 0 saturated carbocycles. The van der Waals surface area contributed by atoms with E-state index in [2.05, 4.69) is 103 Å². The fraction of sp³-hybridized carbons (Fsp3) is 0.0930. The quantitative estimate of drug-likeness (QED) is 0.165. The van der Waals surface area contributed by atoms with Crippen molar-refractivity contribution < 1.29 is 40.2 Å². The molecule has 2 radical (unpaired) electrons. The Morgan fingerprint density at radius 3 is 1.62 bits per heavy atom. The van der Waals surface area contributed by atoms with Gasteiger partial charge in [-0.1, -0.05) is 79.7 Å². The van der Waals surface area contributed by atoms with Crippen LogP contribution in [-0.4, -0.2) is 15.0 Å². The Balaban J connectivity index is 0.000000198. The molecular weight excluding hydrogens is 943 g/mol. The molecule has 3 heterocycles. The van der Waals surface area contributed by atoms with Crippen LogP contribution in [0, 0.1) is 39.8 Å². The van der Waals surface area contributed by atoms with Gasteiger partial charge in [0.15, 0.2) is 0 Å². The average molecular weight is 980 g/mol. The summed E-state index contributed by atoms with van der Waals surface area (Å²) in [6, 6.07) is 51.0. The van der Waals surface area contributed by atoms with Gasteiger partial charge >= 0.3 is 0 Å². The van der Waals surface area contributed by atoms with Crippen molar-refractivity contribution in [1.82, 2.24) is 15.0 Å². The molecule has 0 aliphatic carbocycles. The predicted octanol–water partition coefficient (Wildman–Crippen LogP) is 10.7. The number of pyridine rings is 3. The second-order valence-corrected chi connectivity index (χ2v) is 10.9. The number of aromatic nitrogens is 3. The summed E-state index contributed by atoms with van der Waals surface area (Å²) >= 11 is 0. The smallest absolute Gasteiger partial charge is 0.0704 e. The van der Waals surface area contributed by atoms with Crippen LogP contribution in [0.25, 0.3) is 44.9 Å². The predicted molar refractivity (Wildman–Crippen MR) is 191 cm³/mol. The molecule has 0 aliphatic heterocycles. The van der Waals surface area contributed by atoms with E-state index in [-0.39, 0.29) is 40.2 Å². The summed E-state index contributed by atoms with van der Waals surface area (Å²) in [6.07, 6.45) is 5.57. The summed E-state index contributed by atoms with van der Waals surface area (Å²) in [5.74, 6) is 0. The van der Waals surface area contributed by atoms with Crippen LogP contribution in [0.1, 0.15) is 22.3 Å². The van der Waals surface area contributed by atoms with Crippen LogP contribution >= 0.6 is 0 Å². The summed E-state index contributed by atoms with van der Waals surface area (Å²) < 4.78 is 0. The third kappa shape index (κ3) is 10.3. The zero-order chi connectivity index (χ0) is 32.1. The van der Waals surface area contributed by atoms with Crippen LogP contribution in [0.5, 0.6) is 0 Å². The average Bonchev–Trinajstić information content (AvgIpc) is 3.11. The molecule has 0 bridgehead atoms. The fourth-order valence-electron chi connectivity index (χ4n) is 5.21. The number of benzene rings is 4. The van der Waals surface area contributed by atoms with Gasteiger partial charge in [-0.05, 0) is 78.2 Å². The normalized spacial score (nSPS) is 9.75. The minimum absolute atomic E-state index is 0. The Morgan fingerprint density at radius 2 is 1.04 bits per heavy atom. The third-order valence-corrected chi connectivity index (χ3v) is 7.59.